The van der Waals surface area contributed by atoms with E-state index in [0.717, 1.165) is 25.9 Å². The van der Waals surface area contributed by atoms with Crippen LogP contribution in [0.2, 0.25) is 0 Å². The molecule has 2 rings (SSSR count). The largest absolute Gasteiger partial charge is 0.316 e. The van der Waals surface area contributed by atoms with Crippen molar-refractivity contribution in [2.75, 3.05) is 13.1 Å². The Kier molecular flexibility index (Phi) is 3.33. The molecule has 1 aliphatic heterocycles. The van der Waals surface area contributed by atoms with E-state index in [9.17, 15) is 4.79 Å². The zero-order valence-electron chi connectivity index (χ0n) is 10.9. The highest BCUT2D eigenvalue weighted by Crippen LogP contribution is 2.34. The highest BCUT2D eigenvalue weighted by molar-refractivity contribution is 5.98. The summed E-state index contributed by atoms with van der Waals surface area (Å²) in [5.41, 5.74) is 0.391. The van der Waals surface area contributed by atoms with Gasteiger partial charge in [0, 0.05) is 18.7 Å². The van der Waals surface area contributed by atoms with E-state index in [0.29, 0.717) is 11.6 Å². The number of nitrogens with zero attached hydrogens (tertiary/aromatic N) is 2. The molecule has 0 spiro atoms. The molecule has 1 aliphatic rings. The monoisotopic (exact) mass is 235 g/mol. The number of Topliss-reactive ketones (excluding diaryl/α,β-unsaturated/α-hetero) is 1. The van der Waals surface area contributed by atoms with Crippen LogP contribution in [0.3, 0.4) is 0 Å². The van der Waals surface area contributed by atoms with Gasteiger partial charge in [-0.3, -0.25) is 9.48 Å². The lowest BCUT2D eigenvalue weighted by Crippen LogP contribution is -2.43. The van der Waals surface area contributed by atoms with Crippen LogP contribution in [-0.4, -0.2) is 28.7 Å². The third kappa shape index (κ3) is 2.27. The van der Waals surface area contributed by atoms with Crippen LogP contribution in [0.15, 0.2) is 12.3 Å². The molecule has 4 heteroatoms. The summed E-state index contributed by atoms with van der Waals surface area (Å²) < 4.78 is 1.67. The standard InChI is InChI=1S/C13H21N3O/c1-13(2,10-5-4-7-14-9-10)12(17)11-6-8-15-16(11)3/h6,8,10,14H,4-5,7,9H2,1-3H3. The van der Waals surface area contributed by atoms with Gasteiger partial charge in [-0.2, -0.15) is 5.10 Å². The summed E-state index contributed by atoms with van der Waals surface area (Å²) in [6.07, 6.45) is 3.97. The zero-order chi connectivity index (χ0) is 12.5. The molecule has 1 aromatic rings. The second kappa shape index (κ2) is 4.61. The molecule has 1 fully saturated rings. The Hall–Kier alpha value is -1.16. The van der Waals surface area contributed by atoms with E-state index in [1.165, 1.54) is 0 Å². The molecule has 0 aromatic carbocycles. The minimum atomic E-state index is -0.318. The van der Waals surface area contributed by atoms with Gasteiger partial charge in [0.05, 0.1) is 0 Å². The minimum absolute atomic E-state index is 0.200. The Morgan fingerprint density at radius 1 is 1.59 bits per heavy atom. The number of rotatable bonds is 3. The van der Waals surface area contributed by atoms with Crippen molar-refractivity contribution < 1.29 is 4.79 Å². The highest BCUT2D eigenvalue weighted by Gasteiger charge is 2.38. The van der Waals surface area contributed by atoms with Crippen molar-refractivity contribution >= 4 is 5.78 Å². The Labute approximate surface area is 102 Å². The summed E-state index contributed by atoms with van der Waals surface area (Å²) in [7, 11) is 1.82. The number of hydrogen-bond acceptors (Lipinski definition) is 3. The number of piperidine rings is 1. The molecule has 94 valence electrons. The average Bonchev–Trinajstić information content (AvgIpc) is 2.75. The van der Waals surface area contributed by atoms with E-state index in [-0.39, 0.29) is 11.2 Å². The smallest absolute Gasteiger partial charge is 0.186 e. The summed E-state index contributed by atoms with van der Waals surface area (Å²) in [6.45, 7) is 6.13. The van der Waals surface area contributed by atoms with Crippen LogP contribution < -0.4 is 5.32 Å². The van der Waals surface area contributed by atoms with Gasteiger partial charge in [0.25, 0.3) is 0 Å². The SMILES string of the molecule is Cn1nccc1C(=O)C(C)(C)C1CCCNC1. The van der Waals surface area contributed by atoms with Gasteiger partial charge in [0.2, 0.25) is 0 Å². The molecule has 2 heterocycles. The fourth-order valence-electron chi connectivity index (χ4n) is 2.58. The maximum atomic E-state index is 12.6. The lowest BCUT2D eigenvalue weighted by atomic mass is 9.71. The van der Waals surface area contributed by atoms with E-state index in [2.05, 4.69) is 24.3 Å². The van der Waals surface area contributed by atoms with Crippen molar-refractivity contribution in [1.29, 1.82) is 0 Å². The topological polar surface area (TPSA) is 46.9 Å². The number of ketones is 1. The first-order valence-electron chi connectivity index (χ1n) is 6.27. The number of carbonyl (C=O) groups excluding carboxylic acids is 1. The number of aromatic nitrogens is 2. The summed E-state index contributed by atoms with van der Waals surface area (Å²) in [4.78, 5) is 12.6. The van der Waals surface area contributed by atoms with Gasteiger partial charge in [-0.1, -0.05) is 13.8 Å². The predicted molar refractivity (Wildman–Crippen MR) is 66.9 cm³/mol. The Morgan fingerprint density at radius 2 is 2.35 bits per heavy atom. The van der Waals surface area contributed by atoms with Crippen LogP contribution in [-0.2, 0) is 7.05 Å². The van der Waals surface area contributed by atoms with E-state index >= 15 is 0 Å². The Balaban J connectivity index is 2.19. The van der Waals surface area contributed by atoms with Crippen LogP contribution in [0.1, 0.15) is 37.2 Å². The first-order valence-corrected chi connectivity index (χ1v) is 6.27. The van der Waals surface area contributed by atoms with Crippen LogP contribution in [0, 0.1) is 11.3 Å². The summed E-state index contributed by atoms with van der Waals surface area (Å²) in [6, 6.07) is 1.81. The molecule has 1 N–H and O–H groups in total. The van der Waals surface area contributed by atoms with Crippen molar-refractivity contribution in [2.45, 2.75) is 26.7 Å². The molecule has 4 nitrogen and oxygen atoms in total. The molecular formula is C13H21N3O. The molecule has 0 radical (unpaired) electrons. The second-order valence-electron chi connectivity index (χ2n) is 5.43. The van der Waals surface area contributed by atoms with E-state index < -0.39 is 0 Å². The van der Waals surface area contributed by atoms with Crippen molar-refractivity contribution in [2.24, 2.45) is 18.4 Å². The lowest BCUT2D eigenvalue weighted by molar-refractivity contribution is 0.0697. The van der Waals surface area contributed by atoms with Crippen molar-refractivity contribution in [3.8, 4) is 0 Å². The molecular weight excluding hydrogens is 214 g/mol. The second-order valence-corrected chi connectivity index (χ2v) is 5.43. The van der Waals surface area contributed by atoms with Gasteiger partial charge < -0.3 is 5.32 Å². The fraction of sp³-hybridized carbons (Fsp3) is 0.692. The lowest BCUT2D eigenvalue weighted by Gasteiger charge is -2.35. The van der Waals surface area contributed by atoms with Crippen molar-refractivity contribution in [3.05, 3.63) is 18.0 Å². The molecule has 1 saturated heterocycles. The highest BCUT2D eigenvalue weighted by atomic mass is 16.1. The van der Waals surface area contributed by atoms with Gasteiger partial charge in [0.1, 0.15) is 5.69 Å². The molecule has 0 amide bonds. The minimum Gasteiger partial charge on any atom is -0.316 e. The first-order chi connectivity index (χ1) is 8.03. The summed E-state index contributed by atoms with van der Waals surface area (Å²) in [5, 5.41) is 7.46. The quantitative estimate of drug-likeness (QED) is 0.810. The van der Waals surface area contributed by atoms with Crippen molar-refractivity contribution in [3.63, 3.8) is 0 Å². The molecule has 1 aromatic heterocycles. The van der Waals surface area contributed by atoms with Crippen molar-refractivity contribution in [1.82, 2.24) is 15.1 Å². The van der Waals surface area contributed by atoms with Crippen LogP contribution in [0.5, 0.6) is 0 Å². The van der Waals surface area contributed by atoms with Crippen LogP contribution >= 0.6 is 0 Å². The fourth-order valence-corrected chi connectivity index (χ4v) is 2.58. The molecule has 0 bridgehead atoms. The molecule has 0 aliphatic carbocycles. The van der Waals surface area contributed by atoms with Crippen LogP contribution in [0.25, 0.3) is 0 Å². The maximum absolute atomic E-state index is 12.6. The van der Waals surface area contributed by atoms with E-state index in [4.69, 9.17) is 0 Å². The normalized spacial score (nSPS) is 21.5. The van der Waals surface area contributed by atoms with E-state index in [1.807, 2.05) is 7.05 Å². The Bertz CT molecular complexity index is 403. The Morgan fingerprint density at radius 3 is 2.88 bits per heavy atom. The van der Waals surface area contributed by atoms with Gasteiger partial charge >= 0.3 is 0 Å². The molecule has 0 saturated carbocycles. The predicted octanol–water partition coefficient (Wildman–Crippen LogP) is 1.63. The summed E-state index contributed by atoms with van der Waals surface area (Å²) >= 11 is 0. The molecule has 1 unspecified atom stereocenters. The summed E-state index contributed by atoms with van der Waals surface area (Å²) in [5.74, 6) is 0.616. The third-order valence-electron chi connectivity index (χ3n) is 3.96. The average molecular weight is 235 g/mol. The van der Waals surface area contributed by atoms with Crippen LogP contribution in [0.4, 0.5) is 0 Å². The molecule has 1 atom stereocenters. The third-order valence-corrected chi connectivity index (χ3v) is 3.96. The number of nitrogens with one attached hydrogen (secondary N) is 1. The molecule has 17 heavy (non-hydrogen) atoms. The zero-order valence-corrected chi connectivity index (χ0v) is 10.9. The maximum Gasteiger partial charge on any atom is 0.186 e. The van der Waals surface area contributed by atoms with Gasteiger partial charge in [-0.15, -0.1) is 0 Å². The van der Waals surface area contributed by atoms with E-state index in [1.54, 1.807) is 16.9 Å². The number of carbonyl (C=O) groups is 1. The van der Waals surface area contributed by atoms with Gasteiger partial charge in [0.15, 0.2) is 5.78 Å². The van der Waals surface area contributed by atoms with Gasteiger partial charge in [-0.25, -0.2) is 0 Å². The number of aryl methyl sites for hydroxylation is 1. The number of hydrogen-bond donors (Lipinski definition) is 1. The first kappa shape index (κ1) is 12.3. The van der Waals surface area contributed by atoms with Gasteiger partial charge in [-0.05, 0) is 37.9 Å².